The van der Waals surface area contributed by atoms with Gasteiger partial charge >= 0.3 is 6.09 Å². The summed E-state index contributed by atoms with van der Waals surface area (Å²) >= 11 is 12.2. The Kier molecular flexibility index (Phi) is 6.65. The second-order valence-electron chi connectivity index (χ2n) is 4.09. The van der Waals surface area contributed by atoms with Crippen molar-refractivity contribution >= 4 is 29.3 Å². The number of hydrogen-bond donors (Lipinski definition) is 1. The first kappa shape index (κ1) is 16.3. The van der Waals surface area contributed by atoms with Gasteiger partial charge in [-0.15, -0.1) is 0 Å². The molecule has 0 bridgehead atoms. The Labute approximate surface area is 122 Å². The van der Waals surface area contributed by atoms with Crippen LogP contribution < -0.4 is 5.73 Å². The predicted molar refractivity (Wildman–Crippen MR) is 72.9 cm³/mol. The van der Waals surface area contributed by atoms with Crippen LogP contribution in [-0.4, -0.2) is 32.2 Å². The topological polar surface area (TPSA) is 70.8 Å². The van der Waals surface area contributed by atoms with Crippen LogP contribution in [0.4, 0.5) is 4.79 Å². The molecule has 0 unspecified atom stereocenters. The van der Waals surface area contributed by atoms with E-state index in [9.17, 15) is 4.79 Å². The summed E-state index contributed by atoms with van der Waals surface area (Å²) in [4.78, 5) is 10.8. The van der Waals surface area contributed by atoms with Crippen molar-refractivity contribution in [2.45, 2.75) is 32.0 Å². The van der Waals surface area contributed by atoms with E-state index in [1.165, 1.54) is 7.11 Å². The maximum atomic E-state index is 10.8. The smallest absolute Gasteiger partial charge is 0.404 e. The summed E-state index contributed by atoms with van der Waals surface area (Å²) in [6.07, 6.45) is 0.994. The number of amides is 1. The number of carbonyl (C=O) groups excluding carboxylic acids is 1. The Bertz CT molecular complexity index is 395. The summed E-state index contributed by atoms with van der Waals surface area (Å²) in [6, 6.07) is 0. The fourth-order valence-corrected chi connectivity index (χ4v) is 2.26. The van der Waals surface area contributed by atoms with Gasteiger partial charge in [0, 0.05) is 22.7 Å². The molecule has 1 aliphatic rings. The molecule has 0 aromatic rings. The van der Waals surface area contributed by atoms with Crippen LogP contribution in [-0.2, 0) is 14.2 Å². The van der Waals surface area contributed by atoms with Gasteiger partial charge in [-0.3, -0.25) is 0 Å². The van der Waals surface area contributed by atoms with Crippen molar-refractivity contribution in [1.82, 2.24) is 0 Å². The van der Waals surface area contributed by atoms with Crippen LogP contribution in [0, 0.1) is 0 Å². The second-order valence-corrected chi connectivity index (χ2v) is 5.03. The molecule has 0 heterocycles. The van der Waals surface area contributed by atoms with Crippen LogP contribution in [0.2, 0.25) is 0 Å². The standard InChI is InChI=1S/C12H17Cl2NO4/c1-7(19-12(15)16)11(18-6-17-2)9-5-8(13)3-4-10(9)14/h5,7,11H,3-4,6H2,1-2H3,(H2,15,16)/t7-,11+/m0/s1. The lowest BCUT2D eigenvalue weighted by Gasteiger charge is -2.27. The van der Waals surface area contributed by atoms with Gasteiger partial charge in [-0.2, -0.15) is 0 Å². The molecule has 0 spiro atoms. The average molecular weight is 310 g/mol. The molecule has 0 aliphatic heterocycles. The third-order valence-corrected chi connectivity index (χ3v) is 3.31. The number of ether oxygens (including phenoxy) is 3. The Balaban J connectivity index is 2.92. The molecule has 0 saturated heterocycles. The second kappa shape index (κ2) is 7.75. The zero-order valence-electron chi connectivity index (χ0n) is 10.8. The first-order valence-corrected chi connectivity index (χ1v) is 6.52. The highest BCUT2D eigenvalue weighted by Crippen LogP contribution is 2.32. The minimum Gasteiger partial charge on any atom is -0.444 e. The lowest BCUT2D eigenvalue weighted by molar-refractivity contribution is -0.0933. The average Bonchev–Trinajstić information content (AvgIpc) is 2.33. The van der Waals surface area contributed by atoms with E-state index < -0.39 is 18.3 Å². The monoisotopic (exact) mass is 309 g/mol. The molecule has 0 aromatic carbocycles. The number of nitrogens with two attached hydrogens (primary N) is 1. The highest BCUT2D eigenvalue weighted by atomic mass is 35.5. The normalized spacial score (nSPS) is 18.8. The number of allylic oxidation sites excluding steroid dienone is 2. The number of methoxy groups -OCH3 is 1. The lowest BCUT2D eigenvalue weighted by Crippen LogP contribution is -2.35. The van der Waals surface area contributed by atoms with Crippen LogP contribution in [0.3, 0.4) is 0 Å². The Morgan fingerprint density at radius 3 is 2.74 bits per heavy atom. The van der Waals surface area contributed by atoms with Crippen molar-refractivity contribution < 1.29 is 19.0 Å². The number of hydrogen-bond acceptors (Lipinski definition) is 4. The Morgan fingerprint density at radius 2 is 2.16 bits per heavy atom. The van der Waals surface area contributed by atoms with Gasteiger partial charge in [-0.05, 0) is 25.8 Å². The minimum absolute atomic E-state index is 0.0380. The fraction of sp³-hybridized carbons (Fsp3) is 0.583. The van der Waals surface area contributed by atoms with Gasteiger partial charge in [0.25, 0.3) is 0 Å². The molecule has 1 aliphatic carbocycles. The van der Waals surface area contributed by atoms with Crippen LogP contribution in [0.5, 0.6) is 0 Å². The van der Waals surface area contributed by atoms with Crippen LogP contribution in [0.15, 0.2) is 21.7 Å². The molecule has 0 fully saturated rings. The Hall–Kier alpha value is -0.750. The van der Waals surface area contributed by atoms with E-state index in [1.54, 1.807) is 13.0 Å². The van der Waals surface area contributed by atoms with E-state index in [1.807, 2.05) is 0 Å². The molecule has 108 valence electrons. The van der Waals surface area contributed by atoms with Crippen molar-refractivity contribution in [3.05, 3.63) is 21.7 Å². The highest BCUT2D eigenvalue weighted by molar-refractivity contribution is 6.32. The molecule has 2 atom stereocenters. The SMILES string of the molecule is COCO[C@@H](C1=C(Cl)CCC(Cl)=C1)[C@H](C)OC(N)=O. The molecule has 1 amide bonds. The molecule has 0 saturated carbocycles. The van der Waals surface area contributed by atoms with Crippen molar-refractivity contribution in [3.8, 4) is 0 Å². The molecule has 1 rings (SSSR count). The van der Waals surface area contributed by atoms with Crippen molar-refractivity contribution in [2.75, 3.05) is 13.9 Å². The van der Waals surface area contributed by atoms with E-state index in [-0.39, 0.29) is 6.79 Å². The molecular formula is C12H17Cl2NO4. The largest absolute Gasteiger partial charge is 0.444 e. The third kappa shape index (κ3) is 5.03. The quantitative estimate of drug-likeness (QED) is 0.766. The van der Waals surface area contributed by atoms with Gasteiger partial charge in [-0.25, -0.2) is 4.79 Å². The zero-order chi connectivity index (χ0) is 14.4. The number of primary amides is 1. The third-order valence-electron chi connectivity index (χ3n) is 2.61. The van der Waals surface area contributed by atoms with Gasteiger partial charge in [0.2, 0.25) is 0 Å². The van der Waals surface area contributed by atoms with E-state index in [0.29, 0.717) is 28.5 Å². The van der Waals surface area contributed by atoms with Gasteiger partial charge in [0.15, 0.2) is 0 Å². The van der Waals surface area contributed by atoms with E-state index in [4.69, 9.17) is 43.1 Å². The number of halogens is 2. The van der Waals surface area contributed by atoms with E-state index in [0.717, 1.165) is 0 Å². The summed E-state index contributed by atoms with van der Waals surface area (Å²) in [7, 11) is 1.50. The molecule has 0 aromatic heterocycles. The molecule has 7 heteroatoms. The predicted octanol–water partition coefficient (Wildman–Crippen LogP) is 2.87. The van der Waals surface area contributed by atoms with E-state index >= 15 is 0 Å². The number of rotatable bonds is 6. The highest BCUT2D eigenvalue weighted by Gasteiger charge is 2.28. The van der Waals surface area contributed by atoms with Crippen molar-refractivity contribution in [2.24, 2.45) is 5.73 Å². The summed E-state index contributed by atoms with van der Waals surface area (Å²) in [6.45, 7) is 1.70. The zero-order valence-corrected chi connectivity index (χ0v) is 12.3. The fourth-order valence-electron chi connectivity index (χ4n) is 1.79. The molecule has 19 heavy (non-hydrogen) atoms. The maximum absolute atomic E-state index is 10.8. The van der Waals surface area contributed by atoms with Gasteiger partial charge < -0.3 is 19.9 Å². The lowest BCUT2D eigenvalue weighted by atomic mass is 9.98. The molecule has 0 radical (unpaired) electrons. The summed E-state index contributed by atoms with van der Waals surface area (Å²) in [5, 5.41) is 1.31. The van der Waals surface area contributed by atoms with Gasteiger partial charge in [-0.1, -0.05) is 23.2 Å². The molecule has 5 nitrogen and oxygen atoms in total. The summed E-state index contributed by atoms with van der Waals surface area (Å²) < 4.78 is 15.3. The maximum Gasteiger partial charge on any atom is 0.404 e. The first-order chi connectivity index (χ1) is 8.95. The van der Waals surface area contributed by atoms with Crippen LogP contribution in [0.1, 0.15) is 19.8 Å². The van der Waals surface area contributed by atoms with Crippen LogP contribution >= 0.6 is 23.2 Å². The van der Waals surface area contributed by atoms with Crippen molar-refractivity contribution in [1.29, 1.82) is 0 Å². The first-order valence-electron chi connectivity index (χ1n) is 5.77. The van der Waals surface area contributed by atoms with Crippen LogP contribution in [0.25, 0.3) is 0 Å². The van der Waals surface area contributed by atoms with E-state index in [2.05, 4.69) is 0 Å². The van der Waals surface area contributed by atoms with Gasteiger partial charge in [0.05, 0.1) is 0 Å². The Morgan fingerprint density at radius 1 is 1.47 bits per heavy atom. The minimum atomic E-state index is -0.874. The number of carbonyl (C=O) groups is 1. The van der Waals surface area contributed by atoms with Crippen molar-refractivity contribution in [3.63, 3.8) is 0 Å². The van der Waals surface area contributed by atoms with Gasteiger partial charge in [0.1, 0.15) is 19.0 Å². The molecule has 2 N–H and O–H groups in total. The summed E-state index contributed by atoms with van der Waals surface area (Å²) in [5.74, 6) is 0. The molecular weight excluding hydrogens is 293 g/mol. The summed E-state index contributed by atoms with van der Waals surface area (Å²) in [5.41, 5.74) is 5.70.